The molecule has 1 aliphatic heterocycles. The number of piperidine rings is 1. The van der Waals surface area contributed by atoms with Crippen molar-refractivity contribution in [2.75, 3.05) is 25.0 Å². The lowest BCUT2D eigenvalue weighted by Crippen LogP contribution is -2.40. The second-order valence-corrected chi connectivity index (χ2v) is 8.73. The van der Waals surface area contributed by atoms with Crippen LogP contribution in [0.25, 0.3) is 11.3 Å². The van der Waals surface area contributed by atoms with Crippen molar-refractivity contribution < 1.29 is 14.7 Å². The number of likely N-dealkylation sites (tertiary alicyclic amines) is 1. The van der Waals surface area contributed by atoms with Crippen LogP contribution in [0.1, 0.15) is 41.7 Å². The van der Waals surface area contributed by atoms with Gasteiger partial charge in [-0.1, -0.05) is 12.1 Å². The molecule has 3 aromatic rings. The van der Waals surface area contributed by atoms with Crippen LogP contribution >= 0.6 is 0 Å². The minimum absolute atomic E-state index is 0.171. The van der Waals surface area contributed by atoms with Gasteiger partial charge < -0.3 is 20.6 Å². The van der Waals surface area contributed by atoms with E-state index >= 15 is 0 Å². The van der Waals surface area contributed by atoms with E-state index in [1.807, 2.05) is 36.0 Å². The van der Waals surface area contributed by atoms with Crippen LogP contribution in [0.4, 0.5) is 11.6 Å². The zero-order valence-corrected chi connectivity index (χ0v) is 20.2. The maximum Gasteiger partial charge on any atom is 0.252 e. The normalized spacial score (nSPS) is 14.7. The van der Waals surface area contributed by atoms with Crippen LogP contribution in [-0.4, -0.2) is 67.3 Å². The molecule has 0 spiro atoms. The molecular formula is C25H28N8O3. The summed E-state index contributed by atoms with van der Waals surface area (Å²) >= 11 is 0. The van der Waals surface area contributed by atoms with Gasteiger partial charge in [0.1, 0.15) is 12.6 Å². The molecule has 2 amide bonds. The van der Waals surface area contributed by atoms with E-state index in [1.165, 1.54) is 0 Å². The summed E-state index contributed by atoms with van der Waals surface area (Å²) in [6.07, 6.45) is 6.87. The number of carbonyl (C=O) groups excluding carboxylic acids is 2. The fraction of sp³-hybridized carbons (Fsp3) is 0.360. The lowest BCUT2D eigenvalue weighted by atomic mass is 10.1. The third-order valence-corrected chi connectivity index (χ3v) is 6.12. The van der Waals surface area contributed by atoms with Crippen LogP contribution in [0, 0.1) is 18.3 Å². The Bertz CT molecular complexity index is 1270. The molecule has 3 heterocycles. The highest BCUT2D eigenvalue weighted by atomic mass is 16.3. The van der Waals surface area contributed by atoms with Crippen molar-refractivity contribution in [2.45, 2.75) is 38.8 Å². The number of aliphatic hydroxyl groups is 1. The van der Waals surface area contributed by atoms with Gasteiger partial charge in [0.05, 0.1) is 29.7 Å². The van der Waals surface area contributed by atoms with E-state index in [2.05, 4.69) is 25.7 Å². The Kier molecular flexibility index (Phi) is 7.56. The average Bonchev–Trinajstić information content (AvgIpc) is 3.37. The Hall–Kier alpha value is -4.30. The van der Waals surface area contributed by atoms with Crippen LogP contribution in [0.2, 0.25) is 0 Å². The molecule has 0 bridgehead atoms. The Morgan fingerprint density at radius 1 is 1.22 bits per heavy atom. The summed E-state index contributed by atoms with van der Waals surface area (Å²) in [5.41, 5.74) is 3.67. The number of aliphatic hydroxyl groups excluding tert-OH is 1. The lowest BCUT2D eigenvalue weighted by Gasteiger charge is -2.31. The number of aromatic nitrogens is 4. The summed E-state index contributed by atoms with van der Waals surface area (Å²) in [5, 5.41) is 28.2. The van der Waals surface area contributed by atoms with Crippen molar-refractivity contribution in [3.63, 3.8) is 0 Å². The molecule has 36 heavy (non-hydrogen) atoms. The highest BCUT2D eigenvalue weighted by Crippen LogP contribution is 2.26. The molecular weight excluding hydrogens is 460 g/mol. The first-order valence-corrected chi connectivity index (χ1v) is 11.7. The van der Waals surface area contributed by atoms with Gasteiger partial charge in [-0.3, -0.25) is 14.3 Å². The van der Waals surface area contributed by atoms with Gasteiger partial charge in [0.25, 0.3) is 5.91 Å². The van der Waals surface area contributed by atoms with Crippen LogP contribution in [0.15, 0.2) is 42.9 Å². The van der Waals surface area contributed by atoms with E-state index < -0.39 is 12.6 Å². The number of carbonyl (C=O) groups is 2. The van der Waals surface area contributed by atoms with E-state index in [0.29, 0.717) is 24.6 Å². The first-order chi connectivity index (χ1) is 17.4. The maximum absolute atomic E-state index is 12.2. The summed E-state index contributed by atoms with van der Waals surface area (Å²) in [7, 11) is 0. The topological polar surface area (TPSA) is 149 Å². The quantitative estimate of drug-likeness (QED) is 0.458. The number of hydrogen-bond acceptors (Lipinski definition) is 8. The fourth-order valence-corrected chi connectivity index (χ4v) is 4.10. The second kappa shape index (κ2) is 11.0. The Balaban J connectivity index is 1.43. The predicted molar refractivity (Wildman–Crippen MR) is 132 cm³/mol. The van der Waals surface area contributed by atoms with Crippen molar-refractivity contribution in [3.05, 3.63) is 54.0 Å². The van der Waals surface area contributed by atoms with Crippen molar-refractivity contribution in [3.8, 4) is 17.3 Å². The molecule has 0 saturated carbocycles. The Labute approximate surface area is 208 Å². The fourth-order valence-electron chi connectivity index (χ4n) is 4.10. The summed E-state index contributed by atoms with van der Waals surface area (Å²) in [6.45, 7) is 4.27. The van der Waals surface area contributed by atoms with E-state index in [-0.39, 0.29) is 17.9 Å². The molecule has 1 aliphatic rings. The molecule has 1 fully saturated rings. The molecule has 2 aromatic heterocycles. The van der Waals surface area contributed by atoms with Crippen LogP contribution < -0.4 is 10.6 Å². The van der Waals surface area contributed by atoms with E-state index in [4.69, 9.17) is 10.4 Å². The SMILES string of the molecule is Cc1cnc(Nc2cnn(C3CCN(C(=O)CO)CC3)c2)nc1-c1ccc(C(=O)N[C@@H](C)C#N)cc1. The van der Waals surface area contributed by atoms with Gasteiger partial charge in [-0.05, 0) is 44.4 Å². The van der Waals surface area contributed by atoms with Crippen molar-refractivity contribution in [1.82, 2.24) is 30.0 Å². The Morgan fingerprint density at radius 2 is 1.94 bits per heavy atom. The molecule has 11 heteroatoms. The number of amides is 2. The molecule has 0 unspecified atom stereocenters. The zero-order chi connectivity index (χ0) is 25.7. The number of nitrogens with one attached hydrogen (secondary N) is 2. The smallest absolute Gasteiger partial charge is 0.252 e. The maximum atomic E-state index is 12.2. The van der Waals surface area contributed by atoms with Gasteiger partial charge in [0, 0.05) is 36.6 Å². The zero-order valence-electron chi connectivity index (χ0n) is 20.2. The second-order valence-electron chi connectivity index (χ2n) is 8.73. The summed E-state index contributed by atoms with van der Waals surface area (Å²) < 4.78 is 1.88. The minimum Gasteiger partial charge on any atom is -0.387 e. The third kappa shape index (κ3) is 5.67. The van der Waals surface area contributed by atoms with E-state index in [9.17, 15) is 9.59 Å². The molecule has 0 aliphatic carbocycles. The highest BCUT2D eigenvalue weighted by molar-refractivity contribution is 5.95. The van der Waals surface area contributed by atoms with Crippen molar-refractivity contribution in [1.29, 1.82) is 5.26 Å². The molecule has 1 atom stereocenters. The summed E-state index contributed by atoms with van der Waals surface area (Å²) in [5.74, 6) is -0.127. The van der Waals surface area contributed by atoms with Gasteiger partial charge in [0.2, 0.25) is 11.9 Å². The molecule has 11 nitrogen and oxygen atoms in total. The molecule has 4 rings (SSSR count). The third-order valence-electron chi connectivity index (χ3n) is 6.12. The van der Waals surface area contributed by atoms with Gasteiger partial charge >= 0.3 is 0 Å². The standard InChI is InChI=1S/C25H28N8O3/c1-16-12-27-25(31-23(16)18-3-5-19(6-4-18)24(36)29-17(2)11-26)30-20-13-28-33(14-20)21-7-9-32(10-8-21)22(35)15-34/h3-6,12-14,17,21,34H,7-10,15H2,1-2H3,(H,29,36)(H,27,30,31)/t17-/m0/s1. The average molecular weight is 489 g/mol. The van der Waals surface area contributed by atoms with Gasteiger partial charge in [-0.15, -0.1) is 0 Å². The largest absolute Gasteiger partial charge is 0.387 e. The monoisotopic (exact) mass is 488 g/mol. The molecule has 1 aromatic carbocycles. The van der Waals surface area contributed by atoms with E-state index in [1.54, 1.807) is 36.4 Å². The number of nitrogens with zero attached hydrogens (tertiary/aromatic N) is 6. The molecule has 186 valence electrons. The summed E-state index contributed by atoms with van der Waals surface area (Å²) in [6, 6.07) is 8.62. The van der Waals surface area contributed by atoms with Gasteiger partial charge in [-0.25, -0.2) is 9.97 Å². The van der Waals surface area contributed by atoms with Crippen molar-refractivity contribution in [2.24, 2.45) is 0 Å². The van der Waals surface area contributed by atoms with Gasteiger partial charge in [0.15, 0.2) is 0 Å². The first-order valence-electron chi connectivity index (χ1n) is 11.7. The number of rotatable bonds is 7. The lowest BCUT2D eigenvalue weighted by molar-refractivity contribution is -0.135. The molecule has 0 radical (unpaired) electrons. The molecule has 1 saturated heterocycles. The Morgan fingerprint density at radius 3 is 2.61 bits per heavy atom. The highest BCUT2D eigenvalue weighted by Gasteiger charge is 2.24. The van der Waals surface area contributed by atoms with Crippen LogP contribution in [-0.2, 0) is 4.79 Å². The minimum atomic E-state index is -0.567. The number of nitriles is 1. The van der Waals surface area contributed by atoms with Crippen LogP contribution in [0.5, 0.6) is 0 Å². The number of benzene rings is 1. The number of hydrogen-bond donors (Lipinski definition) is 3. The predicted octanol–water partition coefficient (Wildman–Crippen LogP) is 2.19. The van der Waals surface area contributed by atoms with Crippen molar-refractivity contribution >= 4 is 23.5 Å². The summed E-state index contributed by atoms with van der Waals surface area (Å²) in [4.78, 5) is 34.6. The van der Waals surface area contributed by atoms with E-state index in [0.717, 1.165) is 35.3 Å². The molecule has 3 N–H and O–H groups in total. The van der Waals surface area contributed by atoms with Gasteiger partial charge in [-0.2, -0.15) is 10.4 Å². The first kappa shape index (κ1) is 24.8. The number of aryl methyl sites for hydroxylation is 1. The van der Waals surface area contributed by atoms with Crippen LogP contribution in [0.3, 0.4) is 0 Å². The number of anilines is 2.